The van der Waals surface area contributed by atoms with E-state index in [9.17, 15) is 0 Å². The van der Waals surface area contributed by atoms with Gasteiger partial charge in [0.05, 0.1) is 5.69 Å². The minimum Gasteiger partial charge on any atom is -0.389 e. The lowest BCUT2D eigenvalue weighted by Crippen LogP contribution is -2.13. The van der Waals surface area contributed by atoms with Gasteiger partial charge in [-0.2, -0.15) is 0 Å². The molecule has 42 heavy (non-hydrogen) atoms. The van der Waals surface area contributed by atoms with Crippen LogP contribution < -0.4 is 5.32 Å². The first-order chi connectivity index (χ1) is 20.3. The Morgan fingerprint density at radius 2 is 1.14 bits per heavy atom. The Labute approximate surface area is 265 Å². The maximum absolute atomic E-state index is 4.30. The van der Waals surface area contributed by atoms with Crippen LogP contribution in [0.5, 0.6) is 0 Å². The van der Waals surface area contributed by atoms with Crippen LogP contribution >= 0.6 is 6.89 Å². The van der Waals surface area contributed by atoms with Gasteiger partial charge < -0.3 is 5.32 Å². The average Bonchev–Trinajstić information content (AvgIpc) is 3.39. The van der Waals surface area contributed by atoms with E-state index in [1.807, 2.05) is 27.1 Å². The first-order valence-corrected chi connectivity index (χ1v) is 21.3. The highest BCUT2D eigenvalue weighted by atomic mass is 31.2. The van der Waals surface area contributed by atoms with Gasteiger partial charge in [0.25, 0.3) is 0 Å². The van der Waals surface area contributed by atoms with E-state index in [-0.39, 0.29) is 0 Å². The van der Waals surface area contributed by atoms with Crippen molar-refractivity contribution in [1.29, 1.82) is 0 Å². The third-order valence-electron chi connectivity index (χ3n) is 7.63. The molecular formula is C37H77N4P. The molecule has 0 radical (unpaired) electrons. The molecule has 1 heterocycles. The average molecular weight is 609 g/mol. The number of aromatic nitrogens is 3. The van der Waals surface area contributed by atoms with Crippen molar-refractivity contribution in [3.63, 3.8) is 0 Å². The van der Waals surface area contributed by atoms with E-state index in [1.54, 1.807) is 4.68 Å². The van der Waals surface area contributed by atoms with Crippen molar-refractivity contribution >= 4 is 13.2 Å². The van der Waals surface area contributed by atoms with Crippen LogP contribution in [-0.2, 0) is 13.5 Å². The zero-order valence-corrected chi connectivity index (χ0v) is 30.9. The summed E-state index contributed by atoms with van der Waals surface area (Å²) in [5.41, 5.74) is 2.39. The second-order valence-electron chi connectivity index (χ2n) is 12.8. The standard InChI is InChI=1S/C31H61N4P.C4H10.C2H6/c1-30(32-27-23-19-16-20-24-28-36(3,4)5)25-21-17-14-12-10-8-6-7-9-11-13-15-18-22-26-31-29-35(2)34-33-31;1-3-4-2;1-2/h29,32H,1,3,6-28H2,2,4-5H3;3-4H2,1-2H3;1-2H3. The van der Waals surface area contributed by atoms with E-state index in [0.29, 0.717) is 0 Å². The van der Waals surface area contributed by atoms with E-state index in [1.165, 1.54) is 147 Å². The zero-order chi connectivity index (χ0) is 31.7. The van der Waals surface area contributed by atoms with Crippen LogP contribution in [0.25, 0.3) is 0 Å². The lowest BCUT2D eigenvalue weighted by Gasteiger charge is -2.12. The lowest BCUT2D eigenvalue weighted by molar-refractivity contribution is 0.531. The largest absolute Gasteiger partial charge is 0.389 e. The monoisotopic (exact) mass is 609 g/mol. The molecule has 0 unspecified atom stereocenters. The number of hydrogen-bond acceptors (Lipinski definition) is 3. The molecule has 0 saturated carbocycles. The molecule has 0 fully saturated rings. The van der Waals surface area contributed by atoms with Gasteiger partial charge in [0.1, 0.15) is 0 Å². The molecule has 0 aliphatic heterocycles. The summed E-state index contributed by atoms with van der Waals surface area (Å²) in [5.74, 6) is 0. The number of unbranched alkanes of at least 4 members (excludes halogenated alkanes) is 18. The van der Waals surface area contributed by atoms with E-state index in [4.69, 9.17) is 0 Å². The van der Waals surface area contributed by atoms with E-state index >= 15 is 0 Å². The Hall–Kier alpha value is -1.02. The summed E-state index contributed by atoms with van der Waals surface area (Å²) < 4.78 is 1.80. The molecule has 1 rings (SSSR count). The molecule has 0 amide bonds. The maximum atomic E-state index is 4.30. The number of rotatable bonds is 27. The number of aryl methyl sites for hydroxylation is 2. The van der Waals surface area contributed by atoms with Gasteiger partial charge in [-0.15, -0.1) is 18.3 Å². The van der Waals surface area contributed by atoms with Gasteiger partial charge >= 0.3 is 0 Å². The molecule has 250 valence electrons. The summed E-state index contributed by atoms with van der Waals surface area (Å²) in [4.78, 5) is 0. The fourth-order valence-corrected chi connectivity index (χ4v) is 5.90. The van der Waals surface area contributed by atoms with Crippen LogP contribution in [-0.4, -0.2) is 47.3 Å². The summed E-state index contributed by atoms with van der Waals surface area (Å²) in [6.07, 6.45) is 38.7. The number of nitrogens with one attached hydrogen (secondary N) is 1. The van der Waals surface area contributed by atoms with Crippen LogP contribution in [0.15, 0.2) is 18.5 Å². The minimum atomic E-state index is -0.805. The Morgan fingerprint density at radius 1 is 0.714 bits per heavy atom. The van der Waals surface area contributed by atoms with Gasteiger partial charge in [-0.1, -0.05) is 149 Å². The second-order valence-corrected chi connectivity index (χ2v) is 17.1. The first-order valence-electron chi connectivity index (χ1n) is 18.2. The molecule has 5 heteroatoms. The van der Waals surface area contributed by atoms with E-state index in [0.717, 1.165) is 25.1 Å². The number of nitrogens with zero attached hydrogens (tertiary/aromatic N) is 3. The molecule has 0 atom stereocenters. The lowest BCUT2D eigenvalue weighted by atomic mass is 10.0. The first kappa shape index (κ1) is 43.1. The molecule has 0 aliphatic carbocycles. The van der Waals surface area contributed by atoms with Crippen LogP contribution in [0.2, 0.25) is 0 Å². The van der Waals surface area contributed by atoms with Crippen LogP contribution in [0, 0.1) is 0 Å². The summed E-state index contributed by atoms with van der Waals surface area (Å²) in [5, 5.41) is 11.7. The molecule has 0 saturated heterocycles. The van der Waals surface area contributed by atoms with Crippen LogP contribution in [0.3, 0.4) is 0 Å². The fourth-order valence-electron chi connectivity index (χ4n) is 4.82. The molecule has 1 aromatic rings. The molecular weight excluding hydrogens is 531 g/mol. The maximum Gasteiger partial charge on any atom is 0.0827 e. The molecule has 1 aromatic heterocycles. The van der Waals surface area contributed by atoms with E-state index in [2.05, 4.69) is 55.7 Å². The SMILES string of the molecule is C=C(CCCCCCCCCCCCCCCCc1cn(C)nn1)NCCCCCCCP(=C)(C)C.CC.CCCC. The topological polar surface area (TPSA) is 42.7 Å². The predicted octanol–water partition coefficient (Wildman–Crippen LogP) is 11.8. The quantitative estimate of drug-likeness (QED) is 0.0798. The Kier molecular flexibility index (Phi) is 33.8. The highest BCUT2D eigenvalue weighted by Gasteiger charge is 2.00. The summed E-state index contributed by atoms with van der Waals surface area (Å²) in [6, 6.07) is 0. The zero-order valence-electron chi connectivity index (χ0n) is 30.0. The normalized spacial score (nSPS) is 10.9. The summed E-state index contributed by atoms with van der Waals surface area (Å²) in [7, 11) is 1.94. The Balaban J connectivity index is 0. The minimum absolute atomic E-state index is 0.805. The molecule has 0 spiro atoms. The van der Waals surface area contributed by atoms with Crippen LogP contribution in [0.4, 0.5) is 0 Å². The third-order valence-corrected chi connectivity index (χ3v) is 9.15. The third kappa shape index (κ3) is 35.2. The van der Waals surface area contributed by atoms with Crippen molar-refractivity contribution in [2.75, 3.05) is 26.0 Å². The van der Waals surface area contributed by atoms with Gasteiger partial charge in [-0.25, -0.2) is 0 Å². The van der Waals surface area contributed by atoms with Crippen molar-refractivity contribution in [2.45, 2.75) is 175 Å². The van der Waals surface area contributed by atoms with Crippen LogP contribution in [0.1, 0.15) is 175 Å². The van der Waals surface area contributed by atoms with E-state index < -0.39 is 6.89 Å². The van der Waals surface area contributed by atoms with Crippen molar-refractivity contribution in [1.82, 2.24) is 20.3 Å². The Morgan fingerprint density at radius 3 is 1.57 bits per heavy atom. The van der Waals surface area contributed by atoms with Gasteiger partial charge in [0.15, 0.2) is 0 Å². The van der Waals surface area contributed by atoms with Crippen molar-refractivity contribution in [3.05, 3.63) is 24.2 Å². The Bertz CT molecular complexity index is 719. The molecule has 0 bridgehead atoms. The number of allylic oxidation sites excluding steroid dienone is 1. The highest BCUT2D eigenvalue weighted by Crippen LogP contribution is 2.36. The van der Waals surface area contributed by atoms with Gasteiger partial charge in [-0.05, 0) is 58.0 Å². The molecule has 4 nitrogen and oxygen atoms in total. The smallest absolute Gasteiger partial charge is 0.0827 e. The summed E-state index contributed by atoms with van der Waals surface area (Å²) in [6.45, 7) is 17.6. The summed E-state index contributed by atoms with van der Waals surface area (Å²) >= 11 is 0. The van der Waals surface area contributed by atoms with Gasteiger partial charge in [0.2, 0.25) is 0 Å². The fraction of sp³-hybridized carbons (Fsp3) is 0.865. The van der Waals surface area contributed by atoms with Crippen molar-refractivity contribution in [3.8, 4) is 0 Å². The number of hydrogen-bond donors (Lipinski definition) is 1. The van der Waals surface area contributed by atoms with Gasteiger partial charge in [-0.3, -0.25) is 4.68 Å². The molecule has 0 aliphatic rings. The van der Waals surface area contributed by atoms with Crippen molar-refractivity contribution < 1.29 is 0 Å². The second kappa shape index (κ2) is 32.9. The van der Waals surface area contributed by atoms with Crippen molar-refractivity contribution in [2.24, 2.45) is 7.05 Å². The predicted molar refractivity (Wildman–Crippen MR) is 197 cm³/mol. The molecule has 0 aromatic carbocycles. The molecule has 1 N–H and O–H groups in total. The van der Waals surface area contributed by atoms with Gasteiger partial charge in [0, 0.05) is 25.5 Å². The highest BCUT2D eigenvalue weighted by molar-refractivity contribution is 7.72.